The van der Waals surface area contributed by atoms with E-state index in [0.717, 1.165) is 18.2 Å². The molecule has 1 aliphatic rings. The monoisotopic (exact) mass is 664 g/mol. The molecule has 13 heteroatoms. The van der Waals surface area contributed by atoms with Gasteiger partial charge >= 0.3 is 5.97 Å². The van der Waals surface area contributed by atoms with Crippen molar-refractivity contribution < 1.29 is 58.9 Å². The summed E-state index contributed by atoms with van der Waals surface area (Å²) in [6.45, 7) is 5.16. The van der Waals surface area contributed by atoms with E-state index in [0.29, 0.717) is 50.5 Å². The molecule has 5 rings (SSSR count). The van der Waals surface area contributed by atoms with Crippen LogP contribution in [0.15, 0.2) is 67.3 Å². The van der Waals surface area contributed by atoms with Gasteiger partial charge in [0, 0.05) is 29.2 Å². The summed E-state index contributed by atoms with van der Waals surface area (Å²) >= 11 is 0. The molecule has 0 aromatic heterocycles. The molecule has 1 fully saturated rings. The number of hydrogen-bond donors (Lipinski definition) is 0. The lowest BCUT2D eigenvalue weighted by Gasteiger charge is -2.29. The van der Waals surface area contributed by atoms with Crippen LogP contribution in [-0.2, 0) is 14.2 Å². The average Bonchev–Trinajstić information content (AvgIpc) is 3.01. The van der Waals surface area contributed by atoms with Crippen molar-refractivity contribution in [3.8, 4) is 28.0 Å². The molecule has 0 atom stereocenters. The van der Waals surface area contributed by atoms with Gasteiger partial charge in [0.05, 0.1) is 32.0 Å². The molecular formula is C34H24F8O5. The van der Waals surface area contributed by atoms with Crippen molar-refractivity contribution in [1.82, 2.24) is 0 Å². The Labute approximate surface area is 262 Å². The summed E-state index contributed by atoms with van der Waals surface area (Å²) in [5, 5.41) is 0. The van der Waals surface area contributed by atoms with E-state index in [9.17, 15) is 26.7 Å². The highest BCUT2D eigenvalue weighted by molar-refractivity contribution is 5.92. The third-order valence-corrected chi connectivity index (χ3v) is 7.11. The van der Waals surface area contributed by atoms with Crippen LogP contribution in [0.1, 0.15) is 28.6 Å². The number of ether oxygens (including phenoxy) is 4. The van der Waals surface area contributed by atoms with E-state index >= 15 is 13.2 Å². The van der Waals surface area contributed by atoms with Crippen molar-refractivity contribution in [2.45, 2.75) is 12.7 Å². The van der Waals surface area contributed by atoms with E-state index in [-0.39, 0.29) is 29.2 Å². The fraction of sp³-hybridized carbons (Fsp3) is 0.206. The Morgan fingerprint density at radius 3 is 1.94 bits per heavy atom. The minimum absolute atomic E-state index is 0.0186. The summed E-state index contributed by atoms with van der Waals surface area (Å²) in [5.74, 6) is -14.7. The van der Waals surface area contributed by atoms with Gasteiger partial charge in [-0.2, -0.15) is 0 Å². The zero-order valence-electron chi connectivity index (χ0n) is 24.2. The molecule has 4 aromatic carbocycles. The highest BCUT2D eigenvalue weighted by atomic mass is 19.2. The summed E-state index contributed by atoms with van der Waals surface area (Å²) in [4.78, 5) is 12.3. The van der Waals surface area contributed by atoms with Crippen LogP contribution in [0.5, 0.6) is 5.75 Å². The number of hydrogen-bond acceptors (Lipinski definition) is 5. The third kappa shape index (κ3) is 7.53. The number of esters is 1. The molecule has 1 aliphatic heterocycles. The Morgan fingerprint density at radius 2 is 1.36 bits per heavy atom. The molecule has 0 bridgehead atoms. The number of carbonyl (C=O) groups is 1. The van der Waals surface area contributed by atoms with Gasteiger partial charge in [0.25, 0.3) is 0 Å². The molecule has 0 saturated carbocycles. The Morgan fingerprint density at radius 1 is 0.766 bits per heavy atom. The van der Waals surface area contributed by atoms with Crippen molar-refractivity contribution >= 4 is 5.97 Å². The quantitative estimate of drug-likeness (QED) is 0.0425. The smallest absolute Gasteiger partial charge is 0.349 e. The van der Waals surface area contributed by atoms with Crippen molar-refractivity contribution in [1.29, 1.82) is 0 Å². The van der Waals surface area contributed by atoms with Crippen LogP contribution in [0.25, 0.3) is 22.3 Å². The Bertz CT molecular complexity index is 1750. The Balaban J connectivity index is 1.32. The maximum absolute atomic E-state index is 15.2. The van der Waals surface area contributed by atoms with Crippen LogP contribution in [0.2, 0.25) is 0 Å². The van der Waals surface area contributed by atoms with Crippen LogP contribution in [-0.4, -0.2) is 32.4 Å². The van der Waals surface area contributed by atoms with Crippen molar-refractivity contribution in [3.63, 3.8) is 0 Å². The second kappa shape index (κ2) is 14.4. The standard InChI is InChI=1S/C34H24F8O5/c1-2-3-6-44-14-17-15-45-34(46-16-17)18-4-5-22(23(35)7-18)19-8-24(36)30(25(37)9-19)20-10-26(38)31(27(39)11-20)33(43)47-21-12-28(40)32(42)29(41)13-21/h2,4-5,7-13,17,34H,1,3,6,14-16H2. The van der Waals surface area contributed by atoms with Crippen molar-refractivity contribution in [2.75, 3.05) is 26.4 Å². The minimum Gasteiger partial charge on any atom is -0.423 e. The summed E-state index contributed by atoms with van der Waals surface area (Å²) in [6, 6.07) is 6.78. The second-order valence-electron chi connectivity index (χ2n) is 10.5. The molecule has 4 aromatic rings. The maximum Gasteiger partial charge on any atom is 0.349 e. The number of carbonyl (C=O) groups excluding carboxylic acids is 1. The molecule has 0 amide bonds. The number of halogens is 8. The molecule has 0 N–H and O–H groups in total. The van der Waals surface area contributed by atoms with E-state index in [1.54, 1.807) is 6.08 Å². The van der Waals surface area contributed by atoms with Crippen molar-refractivity contribution in [2.24, 2.45) is 5.92 Å². The first-order valence-electron chi connectivity index (χ1n) is 14.0. The molecule has 1 heterocycles. The number of benzene rings is 4. The van der Waals surface area contributed by atoms with E-state index in [4.69, 9.17) is 14.2 Å². The first-order valence-corrected chi connectivity index (χ1v) is 14.0. The highest BCUT2D eigenvalue weighted by Crippen LogP contribution is 2.35. The molecular weight excluding hydrogens is 640 g/mol. The third-order valence-electron chi connectivity index (χ3n) is 7.11. The minimum atomic E-state index is -1.86. The predicted molar refractivity (Wildman–Crippen MR) is 152 cm³/mol. The van der Waals surface area contributed by atoms with Gasteiger partial charge in [-0.05, 0) is 47.9 Å². The van der Waals surface area contributed by atoms with Crippen LogP contribution >= 0.6 is 0 Å². The zero-order valence-corrected chi connectivity index (χ0v) is 24.2. The Kier molecular flexibility index (Phi) is 10.4. The lowest BCUT2D eigenvalue weighted by Crippen LogP contribution is -2.30. The molecule has 5 nitrogen and oxygen atoms in total. The molecule has 0 spiro atoms. The van der Waals surface area contributed by atoms with Gasteiger partial charge in [0.1, 0.15) is 40.4 Å². The fourth-order valence-corrected chi connectivity index (χ4v) is 4.83. The maximum atomic E-state index is 15.2. The highest BCUT2D eigenvalue weighted by Gasteiger charge is 2.27. The predicted octanol–water partition coefficient (Wildman–Crippen LogP) is 8.61. The van der Waals surface area contributed by atoms with E-state index < -0.39 is 81.2 Å². The van der Waals surface area contributed by atoms with E-state index in [1.807, 2.05) is 0 Å². The number of rotatable bonds is 10. The van der Waals surface area contributed by atoms with Gasteiger partial charge in [-0.15, -0.1) is 6.58 Å². The second-order valence-corrected chi connectivity index (χ2v) is 10.5. The van der Waals surface area contributed by atoms with E-state index in [2.05, 4.69) is 11.3 Å². The molecule has 0 aliphatic carbocycles. The van der Waals surface area contributed by atoms with Crippen LogP contribution in [0, 0.1) is 52.5 Å². The molecule has 1 saturated heterocycles. The molecule has 47 heavy (non-hydrogen) atoms. The summed E-state index contributed by atoms with van der Waals surface area (Å²) in [6.07, 6.45) is 1.57. The first-order chi connectivity index (χ1) is 22.5. The van der Waals surface area contributed by atoms with Gasteiger partial charge < -0.3 is 18.9 Å². The average molecular weight is 665 g/mol. The van der Waals surface area contributed by atoms with Gasteiger partial charge in [-0.3, -0.25) is 0 Å². The van der Waals surface area contributed by atoms with Crippen molar-refractivity contribution in [3.05, 3.63) is 125 Å². The van der Waals surface area contributed by atoms with Crippen LogP contribution in [0.4, 0.5) is 35.1 Å². The van der Waals surface area contributed by atoms with Gasteiger partial charge in [0.15, 0.2) is 23.7 Å². The largest absolute Gasteiger partial charge is 0.423 e. The SMILES string of the molecule is C=CCCOCC1COC(c2ccc(-c3cc(F)c(-c4cc(F)c(C(=O)Oc5cc(F)c(F)c(F)c5)c(F)c4)c(F)c3)c(F)c2)OC1. The summed E-state index contributed by atoms with van der Waals surface area (Å²) in [5.41, 5.74) is -2.99. The zero-order chi connectivity index (χ0) is 33.8. The fourth-order valence-electron chi connectivity index (χ4n) is 4.83. The van der Waals surface area contributed by atoms with Gasteiger partial charge in [-0.25, -0.2) is 39.9 Å². The van der Waals surface area contributed by atoms with Crippen LogP contribution < -0.4 is 4.74 Å². The van der Waals surface area contributed by atoms with Crippen LogP contribution in [0.3, 0.4) is 0 Å². The molecule has 0 radical (unpaired) electrons. The summed E-state index contributed by atoms with van der Waals surface area (Å²) < 4.78 is 137. The van der Waals surface area contributed by atoms with Gasteiger partial charge in [-0.1, -0.05) is 18.2 Å². The summed E-state index contributed by atoms with van der Waals surface area (Å²) in [7, 11) is 0. The Hall–Kier alpha value is -4.59. The van der Waals surface area contributed by atoms with Gasteiger partial charge in [0.2, 0.25) is 0 Å². The first kappa shape index (κ1) is 33.8. The van der Waals surface area contributed by atoms with E-state index in [1.165, 1.54) is 12.1 Å². The normalized spacial score (nSPS) is 16.3. The molecule has 0 unspecified atom stereocenters. The lowest BCUT2D eigenvalue weighted by atomic mass is 9.96. The molecule has 246 valence electrons. The lowest BCUT2D eigenvalue weighted by molar-refractivity contribution is -0.212. The topological polar surface area (TPSA) is 54.0 Å².